The van der Waals surface area contributed by atoms with Crippen LogP contribution in [0.5, 0.6) is 0 Å². The largest absolute Gasteiger partial charge is 0.467 e. The van der Waals surface area contributed by atoms with E-state index in [0.717, 1.165) is 5.56 Å². The van der Waals surface area contributed by atoms with E-state index < -0.39 is 12.0 Å². The SMILES string of the molecule is COC(=O)C1COCCN1C(=O)c1ccc(N)c(C)c1. The summed E-state index contributed by atoms with van der Waals surface area (Å²) < 4.78 is 9.97. The van der Waals surface area contributed by atoms with Crippen molar-refractivity contribution in [2.24, 2.45) is 0 Å². The van der Waals surface area contributed by atoms with E-state index in [0.29, 0.717) is 24.4 Å². The van der Waals surface area contributed by atoms with Crippen LogP contribution in [0.15, 0.2) is 18.2 Å². The molecule has 108 valence electrons. The minimum atomic E-state index is -0.695. The summed E-state index contributed by atoms with van der Waals surface area (Å²) in [5.74, 6) is -0.683. The summed E-state index contributed by atoms with van der Waals surface area (Å²) in [6, 6.07) is 4.38. The Morgan fingerprint density at radius 1 is 1.45 bits per heavy atom. The minimum absolute atomic E-state index is 0.159. The first-order valence-electron chi connectivity index (χ1n) is 6.37. The second-order valence-corrected chi connectivity index (χ2v) is 4.68. The summed E-state index contributed by atoms with van der Waals surface area (Å²) in [4.78, 5) is 25.7. The molecule has 0 spiro atoms. The van der Waals surface area contributed by atoms with Crippen LogP contribution in [0.1, 0.15) is 15.9 Å². The molecule has 0 aliphatic carbocycles. The predicted molar refractivity (Wildman–Crippen MR) is 73.3 cm³/mol. The van der Waals surface area contributed by atoms with Gasteiger partial charge in [-0.3, -0.25) is 4.79 Å². The van der Waals surface area contributed by atoms with Crippen molar-refractivity contribution < 1.29 is 19.1 Å². The van der Waals surface area contributed by atoms with Gasteiger partial charge in [0.05, 0.1) is 20.3 Å². The van der Waals surface area contributed by atoms with Crippen molar-refractivity contribution in [1.29, 1.82) is 0 Å². The zero-order valence-corrected chi connectivity index (χ0v) is 11.6. The van der Waals surface area contributed by atoms with Crippen molar-refractivity contribution in [3.8, 4) is 0 Å². The molecule has 1 unspecified atom stereocenters. The number of ether oxygens (including phenoxy) is 2. The third-order valence-corrected chi connectivity index (χ3v) is 3.38. The highest BCUT2D eigenvalue weighted by atomic mass is 16.5. The molecule has 6 heteroatoms. The fraction of sp³-hybridized carbons (Fsp3) is 0.429. The van der Waals surface area contributed by atoms with E-state index in [4.69, 9.17) is 15.2 Å². The van der Waals surface area contributed by atoms with Crippen LogP contribution >= 0.6 is 0 Å². The Hall–Kier alpha value is -2.08. The first-order chi connectivity index (χ1) is 9.54. The fourth-order valence-electron chi connectivity index (χ4n) is 2.15. The molecule has 0 aromatic heterocycles. The van der Waals surface area contributed by atoms with Gasteiger partial charge in [0.15, 0.2) is 6.04 Å². The molecule has 0 radical (unpaired) electrons. The molecule has 1 fully saturated rings. The first-order valence-corrected chi connectivity index (χ1v) is 6.37. The average Bonchev–Trinajstić information content (AvgIpc) is 2.48. The first kappa shape index (κ1) is 14.3. The van der Waals surface area contributed by atoms with Gasteiger partial charge in [0, 0.05) is 17.8 Å². The third-order valence-electron chi connectivity index (χ3n) is 3.38. The molecule has 1 heterocycles. The molecule has 0 bridgehead atoms. The van der Waals surface area contributed by atoms with Crippen LogP contribution in [0.25, 0.3) is 0 Å². The number of amides is 1. The van der Waals surface area contributed by atoms with Gasteiger partial charge in [0.25, 0.3) is 5.91 Å². The fourth-order valence-corrected chi connectivity index (χ4v) is 2.15. The van der Waals surface area contributed by atoms with Crippen molar-refractivity contribution in [2.75, 3.05) is 32.6 Å². The van der Waals surface area contributed by atoms with Crippen LogP contribution in [0.3, 0.4) is 0 Å². The van der Waals surface area contributed by atoms with Crippen molar-refractivity contribution in [3.05, 3.63) is 29.3 Å². The number of hydrogen-bond acceptors (Lipinski definition) is 5. The maximum Gasteiger partial charge on any atom is 0.331 e. The Kier molecular flexibility index (Phi) is 4.24. The Bertz CT molecular complexity index is 530. The topological polar surface area (TPSA) is 81.9 Å². The summed E-state index contributed by atoms with van der Waals surface area (Å²) in [6.07, 6.45) is 0. The number of methoxy groups -OCH3 is 1. The molecule has 1 aromatic carbocycles. The molecule has 0 saturated carbocycles. The van der Waals surface area contributed by atoms with E-state index in [1.54, 1.807) is 18.2 Å². The number of esters is 1. The van der Waals surface area contributed by atoms with Gasteiger partial charge in [0.2, 0.25) is 0 Å². The summed E-state index contributed by atoms with van der Waals surface area (Å²) in [5, 5.41) is 0. The maximum absolute atomic E-state index is 12.5. The van der Waals surface area contributed by atoms with E-state index in [2.05, 4.69) is 0 Å². The van der Waals surface area contributed by atoms with Crippen LogP contribution in [0.4, 0.5) is 5.69 Å². The summed E-state index contributed by atoms with van der Waals surface area (Å²) >= 11 is 0. The van der Waals surface area contributed by atoms with Crippen molar-refractivity contribution in [1.82, 2.24) is 4.90 Å². The quantitative estimate of drug-likeness (QED) is 0.632. The molecule has 2 rings (SSSR count). The highest BCUT2D eigenvalue weighted by Crippen LogP contribution is 2.17. The molecule has 1 saturated heterocycles. The number of nitrogens with zero attached hydrogens (tertiary/aromatic N) is 1. The predicted octanol–water partition coefficient (Wildman–Crippen LogP) is 0.591. The Morgan fingerprint density at radius 3 is 2.85 bits per heavy atom. The number of anilines is 1. The molecule has 1 aliphatic heterocycles. The highest BCUT2D eigenvalue weighted by Gasteiger charge is 2.34. The van der Waals surface area contributed by atoms with Gasteiger partial charge in [-0.25, -0.2) is 4.79 Å². The number of aryl methyl sites for hydroxylation is 1. The average molecular weight is 278 g/mol. The zero-order valence-electron chi connectivity index (χ0n) is 11.6. The van der Waals surface area contributed by atoms with Gasteiger partial charge in [-0.1, -0.05) is 0 Å². The lowest BCUT2D eigenvalue weighted by Crippen LogP contribution is -2.53. The van der Waals surface area contributed by atoms with Crippen LogP contribution in [0.2, 0.25) is 0 Å². The number of carbonyl (C=O) groups excluding carboxylic acids is 2. The van der Waals surface area contributed by atoms with E-state index in [-0.39, 0.29) is 12.5 Å². The van der Waals surface area contributed by atoms with E-state index in [1.807, 2.05) is 6.92 Å². The second-order valence-electron chi connectivity index (χ2n) is 4.68. The molecule has 1 aliphatic rings. The van der Waals surface area contributed by atoms with Gasteiger partial charge in [-0.2, -0.15) is 0 Å². The number of nitrogens with two attached hydrogens (primary N) is 1. The Balaban J connectivity index is 2.25. The molecular formula is C14H18N2O4. The lowest BCUT2D eigenvalue weighted by atomic mass is 10.1. The van der Waals surface area contributed by atoms with Crippen LogP contribution in [0, 0.1) is 6.92 Å². The highest BCUT2D eigenvalue weighted by molar-refractivity contribution is 5.97. The Labute approximate surface area is 117 Å². The molecule has 1 aromatic rings. The van der Waals surface area contributed by atoms with Gasteiger partial charge in [0.1, 0.15) is 0 Å². The second kappa shape index (κ2) is 5.92. The Morgan fingerprint density at radius 2 is 2.20 bits per heavy atom. The normalized spacial score (nSPS) is 18.7. The number of benzene rings is 1. The van der Waals surface area contributed by atoms with Crippen LogP contribution < -0.4 is 5.73 Å². The lowest BCUT2D eigenvalue weighted by Gasteiger charge is -2.33. The maximum atomic E-state index is 12.5. The van der Waals surface area contributed by atoms with Crippen molar-refractivity contribution in [3.63, 3.8) is 0 Å². The van der Waals surface area contributed by atoms with Gasteiger partial charge in [-0.05, 0) is 30.7 Å². The van der Waals surface area contributed by atoms with E-state index in [9.17, 15) is 9.59 Å². The van der Waals surface area contributed by atoms with Crippen molar-refractivity contribution in [2.45, 2.75) is 13.0 Å². The van der Waals surface area contributed by atoms with Gasteiger partial charge in [-0.15, -0.1) is 0 Å². The molecule has 2 N–H and O–H groups in total. The number of carbonyl (C=O) groups is 2. The van der Waals surface area contributed by atoms with Gasteiger partial charge < -0.3 is 20.1 Å². The van der Waals surface area contributed by atoms with E-state index >= 15 is 0 Å². The lowest BCUT2D eigenvalue weighted by molar-refractivity contribution is -0.151. The van der Waals surface area contributed by atoms with E-state index in [1.165, 1.54) is 12.0 Å². The molecule has 20 heavy (non-hydrogen) atoms. The number of rotatable bonds is 2. The third kappa shape index (κ3) is 2.75. The molecule has 1 amide bonds. The summed E-state index contributed by atoms with van der Waals surface area (Å²) in [7, 11) is 1.30. The monoisotopic (exact) mass is 278 g/mol. The number of morpholine rings is 1. The van der Waals surface area contributed by atoms with Crippen LogP contribution in [-0.4, -0.2) is 49.7 Å². The smallest absolute Gasteiger partial charge is 0.331 e. The number of nitrogen functional groups attached to an aromatic ring is 1. The minimum Gasteiger partial charge on any atom is -0.467 e. The standard InChI is InChI=1S/C14H18N2O4/c1-9-7-10(3-4-11(9)15)13(17)16-5-6-20-8-12(16)14(18)19-2/h3-4,7,12H,5-6,8,15H2,1-2H3. The summed E-state index contributed by atoms with van der Waals surface area (Å²) in [5.41, 5.74) is 7.72. The van der Waals surface area contributed by atoms with Gasteiger partial charge >= 0.3 is 5.97 Å². The van der Waals surface area contributed by atoms with Crippen LogP contribution in [-0.2, 0) is 14.3 Å². The summed E-state index contributed by atoms with van der Waals surface area (Å²) in [6.45, 7) is 2.77. The zero-order chi connectivity index (χ0) is 14.7. The molecular weight excluding hydrogens is 260 g/mol. The number of hydrogen-bond donors (Lipinski definition) is 1. The molecule has 6 nitrogen and oxygen atoms in total. The molecule has 1 atom stereocenters. The van der Waals surface area contributed by atoms with Crippen molar-refractivity contribution >= 4 is 17.6 Å².